The molecule has 6 aliphatic rings. The fourth-order valence-corrected chi connectivity index (χ4v) is 15.8. The summed E-state index contributed by atoms with van der Waals surface area (Å²) in [6.45, 7) is 23.4. The number of aromatic nitrogens is 3. The summed E-state index contributed by atoms with van der Waals surface area (Å²) in [6, 6.07) is 18.2. The van der Waals surface area contributed by atoms with Crippen LogP contribution in [0.4, 0.5) is 26.1 Å². The monoisotopic (exact) mass is 1370 g/mol. The van der Waals surface area contributed by atoms with Crippen LogP contribution < -0.4 is 41.7 Å². The summed E-state index contributed by atoms with van der Waals surface area (Å²) in [5.41, 5.74) is 6.17. The number of carbonyl (C=O) groups excluding carboxylic acids is 6. The zero-order valence-electron chi connectivity index (χ0n) is 58.0. The number of thiazole rings is 1. The molecule has 6 saturated heterocycles. The lowest BCUT2D eigenvalue weighted by Crippen LogP contribution is -2.66. The van der Waals surface area contributed by atoms with Crippen molar-refractivity contribution in [2.75, 3.05) is 107 Å². The van der Waals surface area contributed by atoms with Crippen molar-refractivity contribution >= 4 is 64.1 Å². The number of nitrogens with one attached hydrogen (secondary N) is 6. The number of hydrogen-bond acceptors (Lipinski definition) is 17. The lowest BCUT2D eigenvalue weighted by atomic mass is 9.82. The smallest absolute Gasteiger partial charge is 0.246 e. The average molecular weight is 1370 g/mol. The second-order valence-corrected chi connectivity index (χ2v) is 31.1. The molecule has 0 unspecified atom stereocenters. The highest BCUT2D eigenvalue weighted by Gasteiger charge is 2.47. The van der Waals surface area contributed by atoms with Gasteiger partial charge in [-0.05, 0) is 136 Å². The first kappa shape index (κ1) is 71.6. The molecule has 6 fully saturated rings. The Kier molecular flexibility index (Phi) is 22.5. The quantitative estimate of drug-likeness (QED) is 0.0305. The zero-order chi connectivity index (χ0) is 69.5. The van der Waals surface area contributed by atoms with Gasteiger partial charge in [0, 0.05) is 102 Å². The van der Waals surface area contributed by atoms with Crippen molar-refractivity contribution in [1.82, 2.24) is 61.1 Å². The highest BCUT2D eigenvalue weighted by molar-refractivity contribution is 7.13. The van der Waals surface area contributed by atoms with Gasteiger partial charge in [0.05, 0.1) is 52.5 Å². The minimum Gasteiger partial charge on any atom is -0.391 e. The summed E-state index contributed by atoms with van der Waals surface area (Å²) >= 11 is 1.57. The van der Waals surface area contributed by atoms with Crippen LogP contribution >= 0.6 is 11.3 Å². The van der Waals surface area contributed by atoms with Gasteiger partial charge in [0.1, 0.15) is 41.7 Å². The van der Waals surface area contributed by atoms with E-state index in [1.165, 1.54) is 23.4 Å². The number of aliphatic hydroxyl groups is 1. The Labute approximate surface area is 578 Å². The summed E-state index contributed by atoms with van der Waals surface area (Å²) in [7, 11) is 0. The van der Waals surface area contributed by atoms with Gasteiger partial charge >= 0.3 is 0 Å². The van der Waals surface area contributed by atoms with Crippen molar-refractivity contribution < 1.29 is 42.7 Å². The van der Waals surface area contributed by atoms with Crippen LogP contribution in [0.5, 0.6) is 0 Å². The van der Waals surface area contributed by atoms with Gasteiger partial charge in [0.25, 0.3) is 0 Å². The summed E-state index contributed by atoms with van der Waals surface area (Å²) in [4.78, 5) is 107. The third kappa shape index (κ3) is 18.2. The van der Waals surface area contributed by atoms with E-state index in [0.717, 1.165) is 117 Å². The number of β-amino-alcohol motifs (C(OH)–C–C–N with tert-alkyl or cyclic N) is 1. The second kappa shape index (κ2) is 30.8. The van der Waals surface area contributed by atoms with E-state index < -0.39 is 52.6 Å². The van der Waals surface area contributed by atoms with Crippen LogP contribution in [0.3, 0.4) is 0 Å². The highest BCUT2D eigenvalue weighted by atomic mass is 32.1. The number of aliphatic hydroxyl groups excluding tert-OH is 1. The maximum absolute atomic E-state index is 15.8. The third-order valence-corrected chi connectivity index (χ3v) is 21.9. The number of likely N-dealkylation sites (tertiary alicyclic amines) is 4. The standard InChI is InChI=1S/C73H99F2N15O7S/c1-48(52-12-14-53(15-13-52)66-49(2)81-47-98-66)82-68(96)59-34-55(91)40-90(59)69(97)67(70(3,4)5)83-63(93)17-16-62(92)76-24-9-25-86-28-20-72(43-86)21-29-87(44-72)41-64(94)78-38-51-11-8-10-50(32-51)37-77-60-36-61(80-46-79-60)88-30-22-73(23-31-88)45-89(42-65(95)84-73)58-35-56(74)54(33-57(58)75)39-85-26-18-71(6,7)19-27-85/h8,10-15,32-33,35-36,46-48,55,59,67,91H,9,16-31,34,37-45H2,1-7H3,(H,76,92)(H,78,94)(H,82,96)(H,83,93)(H,84,95)(H,77,79,80)/t48-,55+,59-,67+,72+/m0/s1. The van der Waals surface area contributed by atoms with E-state index in [4.69, 9.17) is 0 Å². The molecule has 2 aromatic heterocycles. The number of halogens is 2. The van der Waals surface area contributed by atoms with E-state index in [9.17, 15) is 33.9 Å². The van der Waals surface area contributed by atoms with E-state index in [2.05, 4.69) is 86.4 Å². The number of benzene rings is 3. The molecule has 2 spiro atoms. The molecule has 7 N–H and O–H groups in total. The van der Waals surface area contributed by atoms with Crippen LogP contribution in [0.25, 0.3) is 10.4 Å². The number of nitrogens with zero attached hydrogens (tertiary/aromatic N) is 9. The number of rotatable bonds is 24. The van der Waals surface area contributed by atoms with Crippen molar-refractivity contribution in [3.05, 3.63) is 118 Å². The normalized spacial score (nSPS) is 21.9. The Morgan fingerprint density at radius 2 is 1.47 bits per heavy atom. The molecule has 25 heteroatoms. The van der Waals surface area contributed by atoms with Crippen LogP contribution in [0, 0.1) is 34.8 Å². The Bertz CT molecular complexity index is 3660. The summed E-state index contributed by atoms with van der Waals surface area (Å²) in [5.74, 6) is -1.37. The molecule has 0 aliphatic carbocycles. The molecular formula is C73H99F2N15O7S. The van der Waals surface area contributed by atoms with Gasteiger partial charge in [-0.2, -0.15) is 0 Å². The third-order valence-electron chi connectivity index (χ3n) is 21.0. The number of piperidine rings is 2. The van der Waals surface area contributed by atoms with Gasteiger partial charge in [-0.1, -0.05) is 83.1 Å². The van der Waals surface area contributed by atoms with Crippen molar-refractivity contribution in [3.63, 3.8) is 0 Å². The van der Waals surface area contributed by atoms with Gasteiger partial charge < -0.3 is 56.6 Å². The Hall–Kier alpha value is -7.71. The van der Waals surface area contributed by atoms with Crippen LogP contribution in [-0.4, -0.2) is 190 Å². The van der Waals surface area contributed by atoms with Gasteiger partial charge in [-0.15, -0.1) is 11.3 Å². The van der Waals surface area contributed by atoms with Crippen molar-refractivity contribution in [1.29, 1.82) is 0 Å². The molecule has 8 heterocycles. The van der Waals surface area contributed by atoms with E-state index in [1.54, 1.807) is 16.2 Å². The lowest BCUT2D eigenvalue weighted by Gasteiger charge is -2.48. The van der Waals surface area contributed by atoms with Crippen molar-refractivity contribution in [2.24, 2.45) is 16.2 Å². The summed E-state index contributed by atoms with van der Waals surface area (Å²) in [6.07, 6.45) is 6.54. The van der Waals surface area contributed by atoms with Gasteiger partial charge in [-0.3, -0.25) is 38.6 Å². The molecule has 6 amide bonds. The van der Waals surface area contributed by atoms with Crippen molar-refractivity contribution in [3.8, 4) is 10.4 Å². The SMILES string of the molecule is Cc1ncsc1-c1ccc([C@H](C)NC(=O)[C@@H]2C[C@@H](O)CN2C(=O)[C@@H](NC(=O)CCC(=O)NCCCN2CC[C@@]3(CCN(CC(=O)NCc4cccc(CNc5cc(N6CCC7(CC6)CN(c6cc(F)c(CN8CCC(C)(C)CC8)cc6F)CC(=O)N7)ncn5)c4)C3)C2)C(C)(C)C)cc1. The highest BCUT2D eigenvalue weighted by Crippen LogP contribution is 2.40. The van der Waals surface area contributed by atoms with Crippen LogP contribution in [0.15, 0.2) is 78.6 Å². The number of aryl methyl sites for hydroxylation is 1. The maximum Gasteiger partial charge on any atom is 0.246 e. The first-order valence-corrected chi connectivity index (χ1v) is 35.9. The summed E-state index contributed by atoms with van der Waals surface area (Å²) < 4.78 is 31.4. The average Bonchev–Trinajstić information content (AvgIpc) is 1.60. The van der Waals surface area contributed by atoms with Gasteiger partial charge in [-0.25, -0.2) is 23.7 Å². The minimum atomic E-state index is -1.01. The fourth-order valence-electron chi connectivity index (χ4n) is 15.0. The van der Waals surface area contributed by atoms with Crippen LogP contribution in [-0.2, 0) is 48.4 Å². The van der Waals surface area contributed by atoms with E-state index in [1.807, 2.05) is 88.7 Å². The largest absolute Gasteiger partial charge is 0.391 e. The molecule has 0 bridgehead atoms. The molecule has 6 aliphatic heterocycles. The molecule has 22 nitrogen and oxygen atoms in total. The first-order valence-electron chi connectivity index (χ1n) is 35.0. The van der Waals surface area contributed by atoms with Crippen LogP contribution in [0.2, 0.25) is 0 Å². The molecule has 0 saturated carbocycles. The molecule has 11 rings (SSSR count). The zero-order valence-corrected chi connectivity index (χ0v) is 58.8. The van der Waals surface area contributed by atoms with Crippen LogP contribution in [0.1, 0.15) is 140 Å². The van der Waals surface area contributed by atoms with E-state index >= 15 is 8.78 Å². The molecule has 5 atom stereocenters. The molecule has 98 heavy (non-hydrogen) atoms. The number of amides is 6. The van der Waals surface area contributed by atoms with E-state index in [0.29, 0.717) is 76.6 Å². The van der Waals surface area contributed by atoms with Gasteiger partial charge in [0.15, 0.2) is 0 Å². The summed E-state index contributed by atoms with van der Waals surface area (Å²) in [5, 5.41) is 29.3. The molecule has 528 valence electrons. The molecular weight excluding hydrogens is 1270 g/mol. The minimum absolute atomic E-state index is 0.0249. The Balaban J connectivity index is 0.557. The predicted octanol–water partition coefficient (Wildman–Crippen LogP) is 7.07. The van der Waals surface area contributed by atoms with E-state index in [-0.39, 0.29) is 78.5 Å². The first-order chi connectivity index (χ1) is 46.8. The van der Waals surface area contributed by atoms with Crippen molar-refractivity contribution in [2.45, 2.75) is 162 Å². The number of anilines is 3. The Morgan fingerprint density at radius 1 is 0.765 bits per heavy atom. The maximum atomic E-state index is 15.8. The molecule has 5 aromatic rings. The predicted molar refractivity (Wildman–Crippen MR) is 375 cm³/mol. The number of carbonyl (C=O) groups is 6. The number of piperazine rings is 1. The fraction of sp³-hybridized carbons (Fsp3) is 0.575. The number of hydrogen-bond donors (Lipinski definition) is 7. The lowest BCUT2D eigenvalue weighted by molar-refractivity contribution is -0.144. The van der Waals surface area contributed by atoms with Gasteiger partial charge in [0.2, 0.25) is 35.4 Å². The topological polar surface area (TPSA) is 253 Å². The second-order valence-electron chi connectivity index (χ2n) is 30.3. The Morgan fingerprint density at radius 3 is 2.19 bits per heavy atom. The molecule has 0 radical (unpaired) electrons. The molecule has 3 aromatic carbocycles.